The van der Waals surface area contributed by atoms with Crippen molar-refractivity contribution in [1.82, 2.24) is 20.2 Å². The molecule has 1 aliphatic rings. The van der Waals surface area contributed by atoms with Crippen LogP contribution in [0.1, 0.15) is 11.6 Å². The van der Waals surface area contributed by atoms with Crippen molar-refractivity contribution in [2.75, 3.05) is 19.6 Å². The molecule has 0 bridgehead atoms. The van der Waals surface area contributed by atoms with Crippen molar-refractivity contribution >= 4 is 11.0 Å². The molecule has 90 valence electrons. The van der Waals surface area contributed by atoms with Gasteiger partial charge in [0.2, 0.25) is 0 Å². The number of nitrogens with one attached hydrogen (secondary N) is 3. The van der Waals surface area contributed by atoms with Gasteiger partial charge in [0.05, 0.1) is 11.0 Å². The molecule has 1 aromatic heterocycles. The molecular weight excluding hydrogens is 216 g/mol. The van der Waals surface area contributed by atoms with Gasteiger partial charge in [-0.2, -0.15) is 0 Å². The number of hydrogen-bond donors (Lipinski definition) is 3. The maximum Gasteiger partial charge on any atom is 0.326 e. The zero-order valence-electron chi connectivity index (χ0n) is 9.79. The second-order valence-electron chi connectivity index (χ2n) is 4.48. The van der Waals surface area contributed by atoms with Crippen molar-refractivity contribution in [3.05, 3.63) is 34.2 Å². The maximum absolute atomic E-state index is 11.5. The molecule has 1 aromatic carbocycles. The number of piperazine rings is 1. The van der Waals surface area contributed by atoms with Gasteiger partial charge in [0, 0.05) is 32.7 Å². The van der Waals surface area contributed by atoms with E-state index in [1.165, 1.54) is 5.56 Å². The normalized spacial score (nSPS) is 20.9. The minimum atomic E-state index is -0.0631. The summed E-state index contributed by atoms with van der Waals surface area (Å²) in [7, 11) is 1.79. The van der Waals surface area contributed by atoms with Crippen LogP contribution in [0.15, 0.2) is 23.0 Å². The highest BCUT2D eigenvalue weighted by atomic mass is 16.1. The molecule has 1 atom stereocenters. The predicted octanol–water partition coefficient (Wildman–Crippen LogP) is 0.100. The lowest BCUT2D eigenvalue weighted by atomic mass is 10.0. The highest BCUT2D eigenvalue weighted by molar-refractivity contribution is 5.76. The summed E-state index contributed by atoms with van der Waals surface area (Å²) < 4.78 is 1.65. The third-order valence-electron chi connectivity index (χ3n) is 3.37. The summed E-state index contributed by atoms with van der Waals surface area (Å²) in [5.41, 5.74) is 3.01. The first kappa shape index (κ1) is 10.6. The number of imidazole rings is 1. The van der Waals surface area contributed by atoms with Gasteiger partial charge in [-0.3, -0.25) is 4.57 Å². The van der Waals surface area contributed by atoms with Gasteiger partial charge in [-0.25, -0.2) is 4.79 Å². The summed E-state index contributed by atoms with van der Waals surface area (Å²) in [6, 6.07) is 6.46. The van der Waals surface area contributed by atoms with E-state index in [0.717, 1.165) is 30.7 Å². The van der Waals surface area contributed by atoms with Gasteiger partial charge in [-0.15, -0.1) is 0 Å². The molecule has 3 N–H and O–H groups in total. The van der Waals surface area contributed by atoms with E-state index in [1.54, 1.807) is 11.6 Å². The van der Waals surface area contributed by atoms with E-state index in [4.69, 9.17) is 0 Å². The summed E-state index contributed by atoms with van der Waals surface area (Å²) in [5.74, 6) is 0. The molecule has 0 aliphatic carbocycles. The minimum Gasteiger partial charge on any atom is -0.314 e. The van der Waals surface area contributed by atoms with Gasteiger partial charge in [0.1, 0.15) is 0 Å². The highest BCUT2D eigenvalue weighted by Gasteiger charge is 2.15. The second-order valence-corrected chi connectivity index (χ2v) is 4.48. The van der Waals surface area contributed by atoms with E-state index in [1.807, 2.05) is 6.07 Å². The molecule has 5 heteroatoms. The van der Waals surface area contributed by atoms with Crippen LogP contribution in [0.25, 0.3) is 11.0 Å². The van der Waals surface area contributed by atoms with E-state index >= 15 is 0 Å². The van der Waals surface area contributed by atoms with Crippen LogP contribution in [0, 0.1) is 0 Å². The Balaban J connectivity index is 2.05. The molecule has 0 radical (unpaired) electrons. The molecular formula is C12H16N4O. The molecule has 1 aliphatic heterocycles. The number of aromatic amines is 1. The fourth-order valence-corrected chi connectivity index (χ4v) is 2.35. The number of aromatic nitrogens is 2. The maximum atomic E-state index is 11.5. The van der Waals surface area contributed by atoms with E-state index in [-0.39, 0.29) is 5.69 Å². The number of benzene rings is 1. The van der Waals surface area contributed by atoms with Crippen LogP contribution in [-0.2, 0) is 7.05 Å². The second kappa shape index (κ2) is 4.01. The molecule has 17 heavy (non-hydrogen) atoms. The average Bonchev–Trinajstić information content (AvgIpc) is 2.66. The zero-order valence-corrected chi connectivity index (χ0v) is 9.79. The van der Waals surface area contributed by atoms with Crippen molar-refractivity contribution in [3.8, 4) is 0 Å². The molecule has 1 fully saturated rings. The largest absolute Gasteiger partial charge is 0.326 e. The summed E-state index contributed by atoms with van der Waals surface area (Å²) in [4.78, 5) is 14.3. The van der Waals surface area contributed by atoms with Crippen LogP contribution >= 0.6 is 0 Å². The number of H-pyrrole nitrogens is 1. The van der Waals surface area contributed by atoms with Gasteiger partial charge in [0.15, 0.2) is 0 Å². The van der Waals surface area contributed by atoms with Crippen molar-refractivity contribution in [2.24, 2.45) is 7.05 Å². The Morgan fingerprint density at radius 2 is 2.24 bits per heavy atom. The van der Waals surface area contributed by atoms with Gasteiger partial charge in [0.25, 0.3) is 0 Å². The third-order valence-corrected chi connectivity index (χ3v) is 3.37. The molecule has 1 unspecified atom stereocenters. The Morgan fingerprint density at radius 3 is 3.00 bits per heavy atom. The first-order valence-electron chi connectivity index (χ1n) is 5.88. The van der Waals surface area contributed by atoms with Crippen LogP contribution in [0.5, 0.6) is 0 Å². The highest BCUT2D eigenvalue weighted by Crippen LogP contribution is 2.18. The van der Waals surface area contributed by atoms with Crippen molar-refractivity contribution in [3.63, 3.8) is 0 Å². The number of nitrogens with zero attached hydrogens (tertiary/aromatic N) is 1. The van der Waals surface area contributed by atoms with Crippen molar-refractivity contribution in [2.45, 2.75) is 6.04 Å². The van der Waals surface area contributed by atoms with Crippen molar-refractivity contribution < 1.29 is 0 Å². The summed E-state index contributed by atoms with van der Waals surface area (Å²) in [6.07, 6.45) is 0. The van der Waals surface area contributed by atoms with Crippen LogP contribution < -0.4 is 16.3 Å². The Bertz CT molecular complexity index is 592. The van der Waals surface area contributed by atoms with Gasteiger partial charge >= 0.3 is 5.69 Å². The smallest absolute Gasteiger partial charge is 0.314 e. The topological polar surface area (TPSA) is 61.9 Å². The van der Waals surface area contributed by atoms with Gasteiger partial charge in [-0.05, 0) is 17.7 Å². The number of rotatable bonds is 1. The van der Waals surface area contributed by atoms with Crippen LogP contribution in [0.4, 0.5) is 0 Å². The van der Waals surface area contributed by atoms with E-state index in [2.05, 4.69) is 27.8 Å². The quantitative estimate of drug-likeness (QED) is 0.653. The SMILES string of the molecule is Cn1c(=O)[nH]c2ccc(C3CNCCN3)cc21. The Labute approximate surface area is 98.8 Å². The Kier molecular flexibility index (Phi) is 2.49. The summed E-state index contributed by atoms with van der Waals surface area (Å²) in [6.45, 7) is 2.93. The van der Waals surface area contributed by atoms with E-state index in [0.29, 0.717) is 6.04 Å². The number of hydrogen-bond acceptors (Lipinski definition) is 3. The fourth-order valence-electron chi connectivity index (χ4n) is 2.35. The van der Waals surface area contributed by atoms with Gasteiger partial charge in [-0.1, -0.05) is 6.07 Å². The summed E-state index contributed by atoms with van der Waals surface area (Å²) >= 11 is 0. The molecule has 1 saturated heterocycles. The zero-order chi connectivity index (χ0) is 11.8. The predicted molar refractivity (Wildman–Crippen MR) is 67.2 cm³/mol. The van der Waals surface area contributed by atoms with Gasteiger partial charge < -0.3 is 15.6 Å². The first-order chi connectivity index (χ1) is 8.25. The number of fused-ring (bicyclic) bond motifs is 1. The minimum absolute atomic E-state index is 0.0631. The Morgan fingerprint density at radius 1 is 1.35 bits per heavy atom. The monoisotopic (exact) mass is 232 g/mol. The summed E-state index contributed by atoms with van der Waals surface area (Å²) in [5, 5.41) is 6.83. The lowest BCUT2D eigenvalue weighted by Gasteiger charge is -2.24. The average molecular weight is 232 g/mol. The van der Waals surface area contributed by atoms with Crippen molar-refractivity contribution in [1.29, 1.82) is 0 Å². The molecule has 5 nitrogen and oxygen atoms in total. The molecule has 2 aromatic rings. The molecule has 0 saturated carbocycles. The van der Waals surface area contributed by atoms with Crippen LogP contribution in [0.3, 0.4) is 0 Å². The van der Waals surface area contributed by atoms with Crippen LogP contribution in [-0.4, -0.2) is 29.2 Å². The van der Waals surface area contributed by atoms with Crippen LogP contribution in [0.2, 0.25) is 0 Å². The number of aryl methyl sites for hydroxylation is 1. The molecule has 3 rings (SSSR count). The first-order valence-corrected chi connectivity index (χ1v) is 5.88. The lowest BCUT2D eigenvalue weighted by molar-refractivity contribution is 0.430. The fraction of sp³-hybridized carbons (Fsp3) is 0.417. The standard InChI is InChI=1S/C12H16N4O/c1-16-11-6-8(10-7-13-4-5-14-10)2-3-9(11)15-12(16)17/h2-3,6,10,13-14H,4-5,7H2,1H3,(H,15,17). The molecule has 0 spiro atoms. The Hall–Kier alpha value is -1.59. The lowest BCUT2D eigenvalue weighted by Crippen LogP contribution is -2.42. The molecule has 0 amide bonds. The van der Waals surface area contributed by atoms with E-state index < -0.39 is 0 Å². The van der Waals surface area contributed by atoms with E-state index in [9.17, 15) is 4.79 Å². The molecule has 2 heterocycles. The third kappa shape index (κ3) is 1.77.